The summed E-state index contributed by atoms with van der Waals surface area (Å²) < 4.78 is 7.10. The van der Waals surface area contributed by atoms with Crippen LogP contribution in [0.5, 0.6) is 0 Å². The molecule has 0 aliphatic rings. The molecule has 0 bridgehead atoms. The number of aromatic nitrogens is 4. The number of nitrogens with one attached hydrogen (secondary N) is 2. The number of anilines is 2. The lowest BCUT2D eigenvalue weighted by Gasteiger charge is -2.15. The standard InChI is InChI=1S/C30H24N6O4S/c37-24(19-5-2-1-3-6-19)15-33-21-8-9-23-22(13-21)34-30(36(23)17-25(38)20-7-4-12-31-14-20)35-29(39)28-11-10-27(41-28)26-16-32-18-40-26/h1-14,16,18,25,33,38H,15,17H2,(H,34,35,39)/t25-/m0/s1. The Hall–Kier alpha value is -5.13. The van der Waals surface area contributed by atoms with Crippen LogP contribution in [0.1, 0.15) is 31.7 Å². The molecule has 6 rings (SSSR count). The van der Waals surface area contributed by atoms with Gasteiger partial charge in [0.25, 0.3) is 5.91 Å². The largest absolute Gasteiger partial charge is 0.443 e. The van der Waals surface area contributed by atoms with Gasteiger partial charge in [-0.3, -0.25) is 19.9 Å². The van der Waals surface area contributed by atoms with Crippen LogP contribution in [0.25, 0.3) is 21.7 Å². The molecule has 0 spiro atoms. The fraction of sp³-hybridized carbons (Fsp3) is 0.100. The zero-order chi connectivity index (χ0) is 28.2. The number of imidazole rings is 1. The van der Waals surface area contributed by atoms with Gasteiger partial charge in [0, 0.05) is 29.2 Å². The van der Waals surface area contributed by atoms with E-state index in [2.05, 4.69) is 25.6 Å². The van der Waals surface area contributed by atoms with Gasteiger partial charge in [0.05, 0.1) is 46.2 Å². The van der Waals surface area contributed by atoms with Crippen LogP contribution < -0.4 is 10.6 Å². The van der Waals surface area contributed by atoms with Gasteiger partial charge in [-0.15, -0.1) is 11.3 Å². The number of thiophene rings is 1. The quantitative estimate of drug-likeness (QED) is 0.188. The number of nitrogens with zero attached hydrogens (tertiary/aromatic N) is 4. The number of amides is 1. The fourth-order valence-electron chi connectivity index (χ4n) is 4.37. The molecule has 2 aromatic carbocycles. The Labute approximate surface area is 238 Å². The van der Waals surface area contributed by atoms with Crippen molar-refractivity contribution >= 4 is 45.7 Å². The van der Waals surface area contributed by atoms with E-state index in [0.717, 1.165) is 4.88 Å². The van der Waals surface area contributed by atoms with Crippen LogP contribution in [-0.2, 0) is 6.54 Å². The lowest BCUT2D eigenvalue weighted by atomic mass is 10.1. The van der Waals surface area contributed by atoms with Crippen molar-refractivity contribution in [3.8, 4) is 10.6 Å². The molecule has 1 amide bonds. The monoisotopic (exact) mass is 564 g/mol. The Kier molecular flexibility index (Phi) is 7.35. The van der Waals surface area contributed by atoms with Crippen molar-refractivity contribution < 1.29 is 19.1 Å². The first-order valence-electron chi connectivity index (χ1n) is 12.8. The van der Waals surface area contributed by atoms with Crippen LogP contribution in [0, 0.1) is 0 Å². The first-order chi connectivity index (χ1) is 20.0. The van der Waals surface area contributed by atoms with Gasteiger partial charge >= 0.3 is 0 Å². The summed E-state index contributed by atoms with van der Waals surface area (Å²) >= 11 is 1.27. The van der Waals surface area contributed by atoms with Gasteiger partial charge in [0.1, 0.15) is 0 Å². The number of pyridine rings is 1. The second-order valence-electron chi connectivity index (χ2n) is 9.18. The van der Waals surface area contributed by atoms with Crippen LogP contribution in [0.2, 0.25) is 0 Å². The number of rotatable bonds is 10. The van der Waals surface area contributed by atoms with Crippen molar-refractivity contribution in [2.24, 2.45) is 0 Å². The zero-order valence-corrected chi connectivity index (χ0v) is 22.4. The lowest BCUT2D eigenvalue weighted by Crippen LogP contribution is -2.17. The molecule has 0 aliphatic carbocycles. The van der Waals surface area contributed by atoms with E-state index < -0.39 is 6.10 Å². The molecule has 204 valence electrons. The van der Waals surface area contributed by atoms with Crippen molar-refractivity contribution in [3.63, 3.8) is 0 Å². The van der Waals surface area contributed by atoms with Crippen molar-refractivity contribution in [2.75, 3.05) is 17.2 Å². The maximum atomic E-state index is 13.2. The summed E-state index contributed by atoms with van der Waals surface area (Å²) in [6, 6.07) is 21.6. The smallest absolute Gasteiger partial charge is 0.268 e. The van der Waals surface area contributed by atoms with E-state index in [-0.39, 0.29) is 30.7 Å². The van der Waals surface area contributed by atoms with Crippen molar-refractivity contribution in [3.05, 3.63) is 114 Å². The number of hydrogen-bond acceptors (Lipinski definition) is 9. The number of benzene rings is 2. The van der Waals surface area contributed by atoms with E-state index in [9.17, 15) is 14.7 Å². The van der Waals surface area contributed by atoms with E-state index in [0.29, 0.717) is 38.5 Å². The molecule has 0 aliphatic heterocycles. The number of carbonyl (C=O) groups excluding carboxylic acids is 2. The minimum atomic E-state index is -0.891. The molecule has 4 aromatic heterocycles. The number of oxazole rings is 1. The summed E-state index contributed by atoms with van der Waals surface area (Å²) in [5.74, 6) is 0.469. The second-order valence-corrected chi connectivity index (χ2v) is 10.3. The predicted octanol–water partition coefficient (Wildman–Crippen LogP) is 5.43. The minimum Gasteiger partial charge on any atom is -0.443 e. The summed E-state index contributed by atoms with van der Waals surface area (Å²) in [7, 11) is 0. The molecule has 4 heterocycles. The summed E-state index contributed by atoms with van der Waals surface area (Å²) in [4.78, 5) is 39.7. The molecule has 11 heteroatoms. The Morgan fingerprint density at radius 2 is 1.88 bits per heavy atom. The first kappa shape index (κ1) is 26.1. The Morgan fingerprint density at radius 3 is 2.66 bits per heavy atom. The number of aliphatic hydroxyl groups excluding tert-OH is 1. The lowest BCUT2D eigenvalue weighted by molar-refractivity contribution is 0.100. The maximum absolute atomic E-state index is 13.2. The highest BCUT2D eigenvalue weighted by Crippen LogP contribution is 2.30. The molecule has 0 saturated carbocycles. The fourth-order valence-corrected chi connectivity index (χ4v) is 5.23. The Balaban J connectivity index is 1.27. The molecular formula is C30H24N6O4S. The molecule has 0 unspecified atom stereocenters. The summed E-state index contributed by atoms with van der Waals surface area (Å²) in [6.45, 7) is 0.246. The Morgan fingerprint density at radius 1 is 1.00 bits per heavy atom. The van der Waals surface area contributed by atoms with E-state index >= 15 is 0 Å². The molecule has 0 fully saturated rings. The van der Waals surface area contributed by atoms with Crippen LogP contribution in [0.15, 0.2) is 102 Å². The van der Waals surface area contributed by atoms with Gasteiger partial charge in [-0.2, -0.15) is 0 Å². The summed E-state index contributed by atoms with van der Waals surface area (Å²) in [6.07, 6.45) is 5.28. The SMILES string of the molecule is O=C(CNc1ccc2c(c1)nc(NC(=O)c1ccc(-c3cnco3)s1)n2C[C@H](O)c1cccnc1)c1ccccc1. The average molecular weight is 565 g/mol. The van der Waals surface area contributed by atoms with Crippen molar-refractivity contribution in [2.45, 2.75) is 12.6 Å². The molecule has 41 heavy (non-hydrogen) atoms. The first-order valence-corrected chi connectivity index (χ1v) is 13.6. The van der Waals surface area contributed by atoms with Gasteiger partial charge in [-0.25, -0.2) is 9.97 Å². The maximum Gasteiger partial charge on any atom is 0.268 e. The van der Waals surface area contributed by atoms with Gasteiger partial charge in [0.2, 0.25) is 5.95 Å². The minimum absolute atomic E-state index is 0.0376. The highest BCUT2D eigenvalue weighted by atomic mass is 32.1. The molecule has 1 atom stereocenters. The van der Waals surface area contributed by atoms with Crippen molar-refractivity contribution in [1.29, 1.82) is 0 Å². The Bertz CT molecular complexity index is 1800. The molecular weight excluding hydrogens is 540 g/mol. The third-order valence-corrected chi connectivity index (χ3v) is 7.55. The van der Waals surface area contributed by atoms with Gasteiger partial charge in [0.15, 0.2) is 17.9 Å². The molecule has 6 aromatic rings. The van der Waals surface area contributed by atoms with Gasteiger partial charge in [-0.05, 0) is 36.4 Å². The molecule has 0 radical (unpaired) electrons. The number of Topliss-reactive ketones (excluding diaryl/α,β-unsaturated/α-hetero) is 1. The number of carbonyl (C=O) groups is 2. The van der Waals surface area contributed by atoms with Crippen LogP contribution in [0.4, 0.5) is 11.6 Å². The summed E-state index contributed by atoms with van der Waals surface area (Å²) in [5, 5.41) is 17.0. The third-order valence-electron chi connectivity index (χ3n) is 6.45. The van der Waals surface area contributed by atoms with E-state index in [1.54, 1.807) is 59.6 Å². The highest BCUT2D eigenvalue weighted by molar-refractivity contribution is 7.17. The van der Waals surface area contributed by atoms with Crippen LogP contribution in [0.3, 0.4) is 0 Å². The number of fused-ring (bicyclic) bond motifs is 1. The number of hydrogen-bond donors (Lipinski definition) is 3. The number of ketones is 1. The molecule has 0 saturated heterocycles. The number of aliphatic hydroxyl groups is 1. The van der Waals surface area contributed by atoms with E-state index in [4.69, 9.17) is 4.42 Å². The van der Waals surface area contributed by atoms with Crippen molar-refractivity contribution in [1.82, 2.24) is 19.5 Å². The van der Waals surface area contributed by atoms with Gasteiger partial charge in [-0.1, -0.05) is 36.4 Å². The normalized spacial score (nSPS) is 11.8. The second kappa shape index (κ2) is 11.5. The highest BCUT2D eigenvalue weighted by Gasteiger charge is 2.20. The van der Waals surface area contributed by atoms with Crippen LogP contribution in [-0.4, -0.2) is 42.9 Å². The zero-order valence-electron chi connectivity index (χ0n) is 21.6. The van der Waals surface area contributed by atoms with Gasteiger partial charge < -0.3 is 19.4 Å². The molecule has 3 N–H and O–H groups in total. The van der Waals surface area contributed by atoms with E-state index in [1.165, 1.54) is 17.7 Å². The third kappa shape index (κ3) is 5.76. The molecule has 10 nitrogen and oxygen atoms in total. The average Bonchev–Trinajstić information content (AvgIpc) is 3.78. The van der Waals surface area contributed by atoms with Crippen LogP contribution >= 0.6 is 11.3 Å². The van der Waals surface area contributed by atoms with E-state index in [1.807, 2.05) is 36.4 Å². The summed E-state index contributed by atoms with van der Waals surface area (Å²) in [5.41, 5.74) is 3.26. The predicted molar refractivity (Wildman–Crippen MR) is 156 cm³/mol. The topological polar surface area (TPSA) is 135 Å².